The van der Waals surface area contributed by atoms with Gasteiger partial charge >= 0.3 is 5.92 Å². The Kier molecular flexibility index (Phi) is 4.87. The van der Waals surface area contributed by atoms with E-state index in [1.54, 1.807) is 37.4 Å². The van der Waals surface area contributed by atoms with Crippen LogP contribution >= 0.6 is 0 Å². The van der Waals surface area contributed by atoms with Crippen LogP contribution in [-0.4, -0.2) is 20.6 Å². The van der Waals surface area contributed by atoms with Crippen molar-refractivity contribution < 1.29 is 8.78 Å². The highest BCUT2D eigenvalue weighted by Gasteiger charge is 2.39. The molecule has 8 heteroatoms. The molecule has 0 spiro atoms. The average Bonchev–Trinajstić information content (AvgIpc) is 2.79. The molecule has 0 bridgehead atoms. The standard InChI is InChI=1S/C23H16F2N6/c1-14-5-8-21(27)31(30-14)22(28)23(24,25)19-6-7-20-17(11-19)10-18(13-29-20)16-4-2-3-15(9-16)12-26/h2-11,13,27-28H,1H3. The van der Waals surface area contributed by atoms with E-state index >= 15 is 8.78 Å². The van der Waals surface area contributed by atoms with Crippen molar-refractivity contribution in [3.63, 3.8) is 0 Å². The lowest BCUT2D eigenvalue weighted by atomic mass is 10.0. The van der Waals surface area contributed by atoms with E-state index in [1.165, 1.54) is 30.3 Å². The molecule has 0 radical (unpaired) electrons. The molecule has 31 heavy (non-hydrogen) atoms. The number of alkyl halides is 2. The predicted octanol–water partition coefficient (Wildman–Crippen LogP) is 4.38. The van der Waals surface area contributed by atoms with Gasteiger partial charge in [0.2, 0.25) is 0 Å². The zero-order valence-electron chi connectivity index (χ0n) is 16.4. The molecule has 4 aromatic rings. The van der Waals surface area contributed by atoms with Crippen LogP contribution in [0.2, 0.25) is 0 Å². The highest BCUT2D eigenvalue weighted by molar-refractivity contribution is 5.91. The van der Waals surface area contributed by atoms with Crippen molar-refractivity contribution in [1.82, 2.24) is 14.8 Å². The monoisotopic (exact) mass is 414 g/mol. The lowest BCUT2D eigenvalue weighted by molar-refractivity contribution is 0.0696. The van der Waals surface area contributed by atoms with E-state index in [0.717, 1.165) is 5.56 Å². The second kappa shape index (κ2) is 7.54. The van der Waals surface area contributed by atoms with E-state index in [4.69, 9.17) is 16.1 Å². The molecule has 4 rings (SSSR count). The first kappa shape index (κ1) is 20.0. The molecule has 0 saturated heterocycles. The zero-order valence-corrected chi connectivity index (χ0v) is 16.4. The molecule has 0 aliphatic carbocycles. The molecule has 6 nitrogen and oxygen atoms in total. The van der Waals surface area contributed by atoms with Gasteiger partial charge in [0.15, 0.2) is 5.84 Å². The van der Waals surface area contributed by atoms with Crippen molar-refractivity contribution in [2.75, 3.05) is 0 Å². The lowest BCUT2D eigenvalue weighted by Gasteiger charge is -2.19. The van der Waals surface area contributed by atoms with Crippen molar-refractivity contribution in [3.8, 4) is 17.2 Å². The first-order valence-corrected chi connectivity index (χ1v) is 9.29. The number of fused-ring (bicyclic) bond motifs is 1. The number of nitrogens with one attached hydrogen (secondary N) is 2. The third kappa shape index (κ3) is 3.69. The number of aryl methyl sites for hydroxylation is 1. The molecule has 2 N–H and O–H groups in total. The minimum atomic E-state index is -3.67. The second-order valence-corrected chi connectivity index (χ2v) is 7.02. The number of benzene rings is 2. The molecule has 2 aromatic heterocycles. The molecule has 2 aromatic carbocycles. The summed E-state index contributed by atoms with van der Waals surface area (Å²) in [7, 11) is 0. The van der Waals surface area contributed by atoms with Crippen molar-refractivity contribution in [2.45, 2.75) is 12.8 Å². The number of nitrogens with zero attached hydrogens (tertiary/aromatic N) is 4. The van der Waals surface area contributed by atoms with Crippen molar-refractivity contribution in [3.05, 3.63) is 89.2 Å². The number of halogens is 2. The Bertz CT molecular complexity index is 1430. The molecule has 152 valence electrons. The predicted molar refractivity (Wildman–Crippen MR) is 112 cm³/mol. The summed E-state index contributed by atoms with van der Waals surface area (Å²) < 4.78 is 31.0. The first-order chi connectivity index (χ1) is 14.8. The molecule has 0 aliphatic heterocycles. The molecule has 0 aliphatic rings. The minimum absolute atomic E-state index is 0.308. The van der Waals surface area contributed by atoms with Crippen LogP contribution in [0.4, 0.5) is 8.78 Å². The summed E-state index contributed by atoms with van der Waals surface area (Å²) in [5.74, 6) is -4.78. The Morgan fingerprint density at radius 1 is 1.06 bits per heavy atom. The maximum atomic E-state index is 15.2. The number of hydrogen-bond acceptors (Lipinski definition) is 5. The summed E-state index contributed by atoms with van der Waals surface area (Å²) in [5.41, 5.74) is 2.15. The van der Waals surface area contributed by atoms with Gasteiger partial charge in [-0.1, -0.05) is 18.2 Å². The summed E-state index contributed by atoms with van der Waals surface area (Å²) in [6.45, 7) is 1.60. The Morgan fingerprint density at radius 3 is 2.65 bits per heavy atom. The number of aromatic nitrogens is 3. The lowest BCUT2D eigenvalue weighted by Crippen LogP contribution is -2.39. The van der Waals surface area contributed by atoms with Gasteiger partial charge in [-0.3, -0.25) is 15.8 Å². The number of pyridine rings is 1. The third-order valence-corrected chi connectivity index (χ3v) is 4.85. The van der Waals surface area contributed by atoms with E-state index in [2.05, 4.69) is 16.2 Å². The van der Waals surface area contributed by atoms with Gasteiger partial charge in [-0.2, -0.15) is 23.8 Å². The van der Waals surface area contributed by atoms with Gasteiger partial charge in [0.25, 0.3) is 0 Å². The summed E-state index contributed by atoms with van der Waals surface area (Å²) in [6.07, 6.45) is 1.62. The van der Waals surface area contributed by atoms with Crippen LogP contribution in [0.3, 0.4) is 0 Å². The van der Waals surface area contributed by atoms with Gasteiger partial charge in [0.1, 0.15) is 5.49 Å². The molecule has 0 unspecified atom stereocenters. The van der Waals surface area contributed by atoms with Crippen molar-refractivity contribution >= 4 is 16.7 Å². The highest BCUT2D eigenvalue weighted by atomic mass is 19.3. The maximum Gasteiger partial charge on any atom is 0.331 e. The number of rotatable bonds is 3. The van der Waals surface area contributed by atoms with E-state index in [9.17, 15) is 0 Å². The zero-order chi connectivity index (χ0) is 22.2. The van der Waals surface area contributed by atoms with Crippen LogP contribution in [0.5, 0.6) is 0 Å². The van der Waals surface area contributed by atoms with Crippen LogP contribution in [-0.2, 0) is 5.92 Å². The molecule has 2 heterocycles. The molecule has 0 fully saturated rings. The molecule has 0 amide bonds. The summed E-state index contributed by atoms with van der Waals surface area (Å²) >= 11 is 0. The first-order valence-electron chi connectivity index (χ1n) is 9.29. The van der Waals surface area contributed by atoms with Crippen LogP contribution in [0.1, 0.15) is 16.8 Å². The van der Waals surface area contributed by atoms with Gasteiger partial charge in [-0.15, -0.1) is 0 Å². The van der Waals surface area contributed by atoms with Crippen LogP contribution in [0, 0.1) is 29.1 Å². The largest absolute Gasteiger partial charge is 0.331 e. The smallest absolute Gasteiger partial charge is 0.283 e. The summed E-state index contributed by atoms with van der Waals surface area (Å²) in [6, 6.07) is 17.5. The fourth-order valence-electron chi connectivity index (χ4n) is 3.21. The summed E-state index contributed by atoms with van der Waals surface area (Å²) in [4.78, 5) is 4.34. The van der Waals surface area contributed by atoms with Crippen LogP contribution < -0.4 is 5.49 Å². The molecular formula is C23H16F2N6. The van der Waals surface area contributed by atoms with Gasteiger partial charge in [0.05, 0.1) is 22.8 Å². The highest BCUT2D eigenvalue weighted by Crippen LogP contribution is 2.32. The van der Waals surface area contributed by atoms with Crippen molar-refractivity contribution in [1.29, 1.82) is 16.1 Å². The van der Waals surface area contributed by atoms with Gasteiger partial charge in [-0.25, -0.2) is 0 Å². The van der Waals surface area contributed by atoms with Crippen LogP contribution in [0.15, 0.2) is 66.9 Å². The third-order valence-electron chi connectivity index (χ3n) is 4.85. The van der Waals surface area contributed by atoms with Gasteiger partial charge < -0.3 is 0 Å². The minimum Gasteiger partial charge on any atom is -0.283 e. The van der Waals surface area contributed by atoms with Gasteiger partial charge in [0, 0.05) is 22.7 Å². The fraction of sp³-hybridized carbons (Fsp3) is 0.0870. The fourth-order valence-corrected chi connectivity index (χ4v) is 3.21. The Balaban J connectivity index is 1.78. The maximum absolute atomic E-state index is 15.2. The number of hydrogen-bond donors (Lipinski definition) is 2. The van der Waals surface area contributed by atoms with Crippen LogP contribution in [0.25, 0.3) is 22.0 Å². The Morgan fingerprint density at radius 2 is 1.87 bits per heavy atom. The van der Waals surface area contributed by atoms with E-state index in [1.807, 2.05) is 6.07 Å². The normalized spacial score (nSPS) is 11.3. The quantitative estimate of drug-likeness (QED) is 0.384. The van der Waals surface area contributed by atoms with Crippen molar-refractivity contribution in [2.24, 2.45) is 0 Å². The Hall–Kier alpha value is -4.25. The van der Waals surface area contributed by atoms with E-state index in [-0.39, 0.29) is 5.49 Å². The van der Waals surface area contributed by atoms with E-state index in [0.29, 0.717) is 32.4 Å². The molecule has 0 atom stereocenters. The number of nitriles is 1. The molecule has 0 saturated carbocycles. The average molecular weight is 414 g/mol. The second-order valence-electron chi connectivity index (χ2n) is 7.02. The SMILES string of the molecule is Cc1ccc(=N)n(C(=N)C(F)(F)c2ccc3ncc(-c4cccc(C#N)c4)cc3c2)n1. The van der Waals surface area contributed by atoms with Gasteiger partial charge in [-0.05, 0) is 55.0 Å². The molecular weight excluding hydrogens is 398 g/mol. The summed E-state index contributed by atoms with van der Waals surface area (Å²) in [5, 5.41) is 29.3. The van der Waals surface area contributed by atoms with E-state index < -0.39 is 17.3 Å². The Labute approximate surface area is 176 Å². The topological polar surface area (TPSA) is 102 Å².